The molecular weight excluding hydrogens is 280 g/mol. The number of nitrogens with zero attached hydrogens (tertiary/aromatic N) is 1. The van der Waals surface area contributed by atoms with Crippen LogP contribution in [-0.4, -0.2) is 16.9 Å². The molecule has 3 rings (SSSR count). The number of hydrogen-bond donors (Lipinski definition) is 1. The molecule has 0 spiro atoms. The normalized spacial score (nSPS) is 12.2. The number of benzene rings is 2. The average molecular weight is 297 g/mol. The number of pyridine rings is 1. The third-order valence-corrected chi connectivity index (χ3v) is 3.83. The van der Waals surface area contributed by atoms with Crippen LogP contribution in [0.3, 0.4) is 0 Å². The first-order valence-electron chi connectivity index (χ1n) is 7.07. The van der Waals surface area contributed by atoms with Crippen molar-refractivity contribution in [2.45, 2.75) is 12.5 Å². The van der Waals surface area contributed by atoms with Gasteiger partial charge in [-0.2, -0.15) is 0 Å². The zero-order chi connectivity index (χ0) is 14.5. The van der Waals surface area contributed by atoms with Crippen LogP contribution < -0.4 is 5.32 Å². The maximum atomic E-state index is 6.10. The maximum Gasteiger partial charge on any atom is 0.126 e. The van der Waals surface area contributed by atoms with Gasteiger partial charge in [-0.15, -0.1) is 11.6 Å². The van der Waals surface area contributed by atoms with Gasteiger partial charge in [-0.25, -0.2) is 4.98 Å². The van der Waals surface area contributed by atoms with Gasteiger partial charge in [-0.3, -0.25) is 0 Å². The van der Waals surface area contributed by atoms with Crippen LogP contribution in [0.4, 0.5) is 5.82 Å². The first-order valence-corrected chi connectivity index (χ1v) is 7.61. The Bertz CT molecular complexity index is 712. The molecule has 0 aliphatic rings. The molecule has 2 aromatic carbocycles. The van der Waals surface area contributed by atoms with E-state index in [0.29, 0.717) is 5.88 Å². The summed E-state index contributed by atoms with van der Waals surface area (Å²) in [5, 5.41) is 4.57. The lowest BCUT2D eigenvalue weighted by Gasteiger charge is -2.17. The minimum Gasteiger partial charge on any atom is -0.366 e. The Balaban J connectivity index is 1.76. The summed E-state index contributed by atoms with van der Waals surface area (Å²) in [6.07, 6.45) is 0.888. The van der Waals surface area contributed by atoms with Gasteiger partial charge in [-0.05, 0) is 30.2 Å². The highest BCUT2D eigenvalue weighted by atomic mass is 35.5. The van der Waals surface area contributed by atoms with Crippen molar-refractivity contribution in [2.24, 2.45) is 0 Å². The van der Waals surface area contributed by atoms with Gasteiger partial charge in [0.2, 0.25) is 0 Å². The number of nitrogens with one attached hydrogen (secondary N) is 1. The predicted molar refractivity (Wildman–Crippen MR) is 90.0 cm³/mol. The van der Waals surface area contributed by atoms with Crippen LogP contribution in [0.15, 0.2) is 66.7 Å². The Morgan fingerprint density at radius 1 is 0.905 bits per heavy atom. The molecule has 1 N–H and O–H groups in total. The van der Waals surface area contributed by atoms with Crippen LogP contribution in [0.5, 0.6) is 0 Å². The van der Waals surface area contributed by atoms with Gasteiger partial charge in [0.1, 0.15) is 5.82 Å². The fraction of sp³-hybridized carbons (Fsp3) is 0.167. The Morgan fingerprint density at radius 2 is 1.67 bits per heavy atom. The lowest BCUT2D eigenvalue weighted by Crippen LogP contribution is -2.24. The summed E-state index contributed by atoms with van der Waals surface area (Å²) in [4.78, 5) is 4.63. The van der Waals surface area contributed by atoms with Gasteiger partial charge < -0.3 is 5.32 Å². The summed E-state index contributed by atoms with van der Waals surface area (Å²) < 4.78 is 0. The Kier molecular flexibility index (Phi) is 4.37. The summed E-state index contributed by atoms with van der Waals surface area (Å²) in [6, 6.07) is 22.7. The quantitative estimate of drug-likeness (QED) is 0.701. The molecule has 1 unspecified atom stereocenters. The standard InChI is InChI=1S/C18H17ClN2/c19-13-16(12-14-6-2-1-3-7-14)20-18-11-10-15-8-4-5-9-17(15)21-18/h1-11,16H,12-13H2,(H,20,21). The molecule has 0 radical (unpaired) electrons. The number of para-hydroxylation sites is 1. The molecule has 0 fully saturated rings. The third kappa shape index (κ3) is 3.53. The molecular formula is C18H17ClN2. The second-order valence-electron chi connectivity index (χ2n) is 5.07. The largest absolute Gasteiger partial charge is 0.366 e. The fourth-order valence-corrected chi connectivity index (χ4v) is 2.58. The predicted octanol–water partition coefficient (Wildman–Crippen LogP) is 4.50. The van der Waals surface area contributed by atoms with Crippen LogP contribution in [0.2, 0.25) is 0 Å². The molecule has 21 heavy (non-hydrogen) atoms. The minimum absolute atomic E-state index is 0.169. The van der Waals surface area contributed by atoms with E-state index in [1.807, 2.05) is 30.3 Å². The van der Waals surface area contributed by atoms with Crippen LogP contribution in [0.25, 0.3) is 10.9 Å². The van der Waals surface area contributed by atoms with E-state index in [4.69, 9.17) is 11.6 Å². The third-order valence-electron chi connectivity index (χ3n) is 3.46. The van der Waals surface area contributed by atoms with E-state index in [1.165, 1.54) is 5.56 Å². The van der Waals surface area contributed by atoms with Crippen LogP contribution >= 0.6 is 11.6 Å². The number of fused-ring (bicyclic) bond motifs is 1. The van der Waals surface area contributed by atoms with Gasteiger partial charge in [-0.1, -0.05) is 48.5 Å². The highest BCUT2D eigenvalue weighted by Crippen LogP contribution is 2.16. The maximum absolute atomic E-state index is 6.10. The highest BCUT2D eigenvalue weighted by Gasteiger charge is 2.09. The van der Waals surface area contributed by atoms with Gasteiger partial charge in [0, 0.05) is 17.3 Å². The molecule has 0 saturated heterocycles. The van der Waals surface area contributed by atoms with Crippen molar-refractivity contribution in [3.05, 3.63) is 72.3 Å². The van der Waals surface area contributed by atoms with Crippen molar-refractivity contribution in [3.63, 3.8) is 0 Å². The summed E-state index contributed by atoms with van der Waals surface area (Å²) in [5.41, 5.74) is 2.27. The monoisotopic (exact) mass is 296 g/mol. The SMILES string of the molecule is ClCC(Cc1ccccc1)Nc1ccc2ccccc2n1. The van der Waals surface area contributed by atoms with E-state index >= 15 is 0 Å². The van der Waals surface area contributed by atoms with Gasteiger partial charge in [0.25, 0.3) is 0 Å². The summed E-state index contributed by atoms with van der Waals surface area (Å²) in [7, 11) is 0. The molecule has 1 aromatic heterocycles. The Hall–Kier alpha value is -2.06. The van der Waals surface area contributed by atoms with E-state index < -0.39 is 0 Å². The van der Waals surface area contributed by atoms with E-state index in [-0.39, 0.29) is 6.04 Å². The zero-order valence-electron chi connectivity index (χ0n) is 11.7. The Morgan fingerprint density at radius 3 is 2.48 bits per heavy atom. The number of anilines is 1. The van der Waals surface area contributed by atoms with Crippen molar-refractivity contribution in [2.75, 3.05) is 11.2 Å². The lowest BCUT2D eigenvalue weighted by molar-refractivity contribution is 0.792. The molecule has 0 saturated carbocycles. The molecule has 3 aromatic rings. The summed E-state index contributed by atoms with van der Waals surface area (Å²) in [5.74, 6) is 1.42. The molecule has 106 valence electrons. The summed E-state index contributed by atoms with van der Waals surface area (Å²) >= 11 is 6.10. The molecule has 0 bridgehead atoms. The first kappa shape index (κ1) is 13.9. The number of alkyl halides is 1. The number of hydrogen-bond acceptors (Lipinski definition) is 2. The average Bonchev–Trinajstić information content (AvgIpc) is 2.55. The lowest BCUT2D eigenvalue weighted by atomic mass is 10.1. The van der Waals surface area contributed by atoms with Crippen LogP contribution in [-0.2, 0) is 6.42 Å². The van der Waals surface area contributed by atoms with E-state index in [9.17, 15) is 0 Å². The van der Waals surface area contributed by atoms with Gasteiger partial charge in [0.15, 0.2) is 0 Å². The zero-order valence-corrected chi connectivity index (χ0v) is 12.4. The van der Waals surface area contributed by atoms with Crippen molar-refractivity contribution in [1.29, 1.82) is 0 Å². The molecule has 2 nitrogen and oxygen atoms in total. The van der Waals surface area contributed by atoms with Crippen LogP contribution in [0.1, 0.15) is 5.56 Å². The number of rotatable bonds is 5. The number of halogens is 1. The molecule has 0 amide bonds. The fourth-order valence-electron chi connectivity index (χ4n) is 2.40. The van der Waals surface area contributed by atoms with Crippen molar-refractivity contribution >= 4 is 28.3 Å². The summed E-state index contributed by atoms with van der Waals surface area (Å²) in [6.45, 7) is 0. The highest BCUT2D eigenvalue weighted by molar-refractivity contribution is 6.18. The second-order valence-corrected chi connectivity index (χ2v) is 5.38. The van der Waals surface area contributed by atoms with E-state index in [2.05, 4.69) is 46.7 Å². The Labute approximate surface area is 129 Å². The van der Waals surface area contributed by atoms with E-state index in [1.54, 1.807) is 0 Å². The van der Waals surface area contributed by atoms with E-state index in [0.717, 1.165) is 23.1 Å². The van der Waals surface area contributed by atoms with Crippen molar-refractivity contribution < 1.29 is 0 Å². The van der Waals surface area contributed by atoms with Crippen molar-refractivity contribution in [1.82, 2.24) is 4.98 Å². The van der Waals surface area contributed by atoms with Gasteiger partial charge in [0.05, 0.1) is 5.52 Å². The molecule has 1 atom stereocenters. The van der Waals surface area contributed by atoms with Gasteiger partial charge >= 0.3 is 0 Å². The first-order chi connectivity index (χ1) is 10.3. The molecule has 0 aliphatic heterocycles. The molecule has 3 heteroatoms. The smallest absolute Gasteiger partial charge is 0.126 e. The van der Waals surface area contributed by atoms with Crippen molar-refractivity contribution in [3.8, 4) is 0 Å². The molecule has 0 aliphatic carbocycles. The minimum atomic E-state index is 0.169. The second kappa shape index (κ2) is 6.59. The topological polar surface area (TPSA) is 24.9 Å². The van der Waals surface area contributed by atoms with Crippen LogP contribution in [0, 0.1) is 0 Å². The number of aromatic nitrogens is 1. The molecule has 1 heterocycles.